The van der Waals surface area contributed by atoms with Gasteiger partial charge in [-0.25, -0.2) is 0 Å². The van der Waals surface area contributed by atoms with Gasteiger partial charge in [-0.3, -0.25) is 14.7 Å². The Morgan fingerprint density at radius 3 is 3.08 bits per heavy atom. The molecule has 0 radical (unpaired) electrons. The van der Waals surface area contributed by atoms with Crippen molar-refractivity contribution in [2.24, 2.45) is 4.99 Å². The molecule has 4 nitrogen and oxygen atoms in total. The van der Waals surface area contributed by atoms with Crippen LogP contribution in [0.5, 0.6) is 0 Å². The van der Waals surface area contributed by atoms with E-state index < -0.39 is 0 Å². The summed E-state index contributed by atoms with van der Waals surface area (Å²) in [6.45, 7) is 0. The van der Waals surface area contributed by atoms with Crippen LogP contribution in [0.3, 0.4) is 0 Å². The number of aromatic nitrogens is 2. The molecule has 0 bridgehead atoms. The Hall–Kier alpha value is -1.84. The predicted molar refractivity (Wildman–Crippen MR) is 51.4 cm³/mol. The fraction of sp³-hybridized carbons (Fsp3) is 0.111. The van der Waals surface area contributed by atoms with Gasteiger partial charge in [0.05, 0.1) is 5.52 Å². The van der Waals surface area contributed by atoms with Crippen LogP contribution >= 0.6 is 0 Å². The maximum atomic E-state index is 5.69. The molecule has 2 aromatic rings. The Labute approximate surface area is 75.3 Å². The molecule has 2 heterocycles. The van der Waals surface area contributed by atoms with E-state index in [0.717, 1.165) is 16.4 Å². The number of rotatable bonds is 0. The molecule has 4 heteroatoms. The van der Waals surface area contributed by atoms with Crippen molar-refractivity contribution in [3.8, 4) is 0 Å². The van der Waals surface area contributed by atoms with Crippen molar-refractivity contribution in [2.45, 2.75) is 0 Å². The number of hydrogen-bond acceptors (Lipinski definition) is 3. The molecule has 0 aliphatic heterocycles. The van der Waals surface area contributed by atoms with Crippen LogP contribution in [0.1, 0.15) is 0 Å². The fourth-order valence-corrected chi connectivity index (χ4v) is 1.34. The molecule has 13 heavy (non-hydrogen) atoms. The Balaban J connectivity index is 3.01. The van der Waals surface area contributed by atoms with Gasteiger partial charge in [-0.15, -0.1) is 0 Å². The van der Waals surface area contributed by atoms with Gasteiger partial charge in [0.15, 0.2) is 5.49 Å². The van der Waals surface area contributed by atoms with Gasteiger partial charge in [0.1, 0.15) is 0 Å². The van der Waals surface area contributed by atoms with Crippen molar-refractivity contribution < 1.29 is 0 Å². The van der Waals surface area contributed by atoms with E-state index in [2.05, 4.69) is 9.98 Å². The van der Waals surface area contributed by atoms with Gasteiger partial charge < -0.3 is 5.84 Å². The summed E-state index contributed by atoms with van der Waals surface area (Å²) in [6.07, 6.45) is 3.50. The molecule has 66 valence electrons. The first-order chi connectivity index (χ1) is 6.33. The summed E-state index contributed by atoms with van der Waals surface area (Å²) in [5, 5.41) is 0.968. The molecule has 0 amide bonds. The van der Waals surface area contributed by atoms with E-state index in [1.54, 1.807) is 19.4 Å². The maximum absolute atomic E-state index is 5.69. The lowest BCUT2D eigenvalue weighted by molar-refractivity contribution is 0.908. The molecule has 0 unspecified atom stereocenters. The first kappa shape index (κ1) is 7.79. The molecule has 0 fully saturated rings. The van der Waals surface area contributed by atoms with E-state index in [-0.39, 0.29) is 0 Å². The molecule has 0 saturated heterocycles. The van der Waals surface area contributed by atoms with Crippen LogP contribution in [0.15, 0.2) is 35.6 Å². The lowest BCUT2D eigenvalue weighted by Gasteiger charge is -2.02. The van der Waals surface area contributed by atoms with Gasteiger partial charge in [0, 0.05) is 24.8 Å². The zero-order valence-corrected chi connectivity index (χ0v) is 7.31. The average Bonchev–Trinajstić information content (AvgIpc) is 2.18. The highest BCUT2D eigenvalue weighted by atomic mass is 15.3. The van der Waals surface area contributed by atoms with Crippen molar-refractivity contribution in [3.63, 3.8) is 0 Å². The number of nitrogens with two attached hydrogens (primary N) is 1. The molecule has 2 aromatic heterocycles. The van der Waals surface area contributed by atoms with Crippen molar-refractivity contribution in [3.05, 3.63) is 36.1 Å². The van der Waals surface area contributed by atoms with E-state index in [0.29, 0.717) is 0 Å². The van der Waals surface area contributed by atoms with Crippen LogP contribution < -0.4 is 11.3 Å². The number of fused-ring (bicyclic) bond motifs is 1. The Morgan fingerprint density at radius 1 is 1.46 bits per heavy atom. The van der Waals surface area contributed by atoms with E-state index in [4.69, 9.17) is 5.84 Å². The molecule has 0 aliphatic carbocycles. The smallest absolute Gasteiger partial charge is 0.155 e. The monoisotopic (exact) mass is 174 g/mol. The molecule has 0 aliphatic rings. The van der Waals surface area contributed by atoms with Crippen LogP contribution in [0.2, 0.25) is 0 Å². The average molecular weight is 174 g/mol. The minimum Gasteiger partial charge on any atom is -0.338 e. The van der Waals surface area contributed by atoms with Crippen LogP contribution in [0.4, 0.5) is 0 Å². The number of nitrogen functional groups attached to an aromatic ring is 1. The number of hydrogen-bond donors (Lipinski definition) is 1. The second-order valence-corrected chi connectivity index (χ2v) is 2.71. The summed E-state index contributed by atoms with van der Waals surface area (Å²) in [5.41, 5.74) is 1.65. The quantitative estimate of drug-likeness (QED) is 0.583. The Bertz CT molecular complexity index is 498. The van der Waals surface area contributed by atoms with Crippen LogP contribution in [0, 0.1) is 0 Å². The highest BCUT2D eigenvalue weighted by Gasteiger charge is 1.96. The molecular formula is C9H10N4. The topological polar surface area (TPSA) is 56.2 Å². The van der Waals surface area contributed by atoms with Crippen molar-refractivity contribution in [2.75, 3.05) is 12.9 Å². The van der Waals surface area contributed by atoms with E-state index in [1.807, 2.05) is 18.2 Å². The van der Waals surface area contributed by atoms with Crippen molar-refractivity contribution >= 4 is 10.9 Å². The van der Waals surface area contributed by atoms with Crippen molar-refractivity contribution in [1.29, 1.82) is 0 Å². The summed E-state index contributed by atoms with van der Waals surface area (Å²) >= 11 is 0. The highest BCUT2D eigenvalue weighted by molar-refractivity contribution is 5.76. The van der Waals surface area contributed by atoms with E-state index >= 15 is 0 Å². The van der Waals surface area contributed by atoms with Crippen molar-refractivity contribution in [1.82, 2.24) is 9.66 Å². The number of nitrogens with zero attached hydrogens (tertiary/aromatic N) is 3. The summed E-state index contributed by atoms with van der Waals surface area (Å²) in [6, 6.07) is 5.69. The molecule has 0 spiro atoms. The summed E-state index contributed by atoms with van der Waals surface area (Å²) in [4.78, 5) is 8.30. The summed E-state index contributed by atoms with van der Waals surface area (Å²) in [5.74, 6) is 5.69. The number of pyridine rings is 2. The van der Waals surface area contributed by atoms with Gasteiger partial charge in [-0.2, -0.15) is 0 Å². The minimum absolute atomic E-state index is 0.741. The molecular weight excluding hydrogens is 164 g/mol. The SMILES string of the molecule is C/N=c1/c2cccnc2ccn1N. The van der Waals surface area contributed by atoms with Crippen LogP contribution in [0.25, 0.3) is 10.9 Å². The highest BCUT2D eigenvalue weighted by Crippen LogP contribution is 2.02. The third kappa shape index (κ3) is 1.16. The standard InChI is InChI=1S/C9H10N4/c1-11-9-7-3-2-5-12-8(7)4-6-13(9)10/h2-6H,10H2,1H3/b11-9-. The molecule has 0 saturated carbocycles. The maximum Gasteiger partial charge on any atom is 0.155 e. The van der Waals surface area contributed by atoms with Gasteiger partial charge in [-0.05, 0) is 18.2 Å². The summed E-state index contributed by atoms with van der Waals surface area (Å²) < 4.78 is 1.49. The Kier molecular flexibility index (Phi) is 1.73. The molecule has 0 aromatic carbocycles. The second-order valence-electron chi connectivity index (χ2n) is 2.71. The predicted octanol–water partition coefficient (Wildman–Crippen LogP) is 0.281. The third-order valence-electron chi connectivity index (χ3n) is 1.93. The lowest BCUT2D eigenvalue weighted by atomic mass is 10.3. The largest absolute Gasteiger partial charge is 0.338 e. The fourth-order valence-electron chi connectivity index (χ4n) is 1.34. The normalized spacial score (nSPS) is 12.2. The second kappa shape index (κ2) is 2.90. The Morgan fingerprint density at radius 2 is 2.31 bits per heavy atom. The van der Waals surface area contributed by atoms with Gasteiger partial charge in [-0.1, -0.05) is 0 Å². The van der Waals surface area contributed by atoms with E-state index in [9.17, 15) is 0 Å². The lowest BCUT2D eigenvalue weighted by Crippen LogP contribution is -2.27. The van der Waals surface area contributed by atoms with E-state index in [1.165, 1.54) is 4.68 Å². The zero-order chi connectivity index (χ0) is 9.26. The molecule has 2 N–H and O–H groups in total. The van der Waals surface area contributed by atoms with Gasteiger partial charge in [0.25, 0.3) is 0 Å². The first-order valence-corrected chi connectivity index (χ1v) is 3.97. The third-order valence-corrected chi connectivity index (χ3v) is 1.93. The molecule has 0 atom stereocenters. The zero-order valence-electron chi connectivity index (χ0n) is 7.31. The van der Waals surface area contributed by atoms with Gasteiger partial charge >= 0.3 is 0 Å². The first-order valence-electron chi connectivity index (χ1n) is 3.97. The van der Waals surface area contributed by atoms with Crippen LogP contribution in [-0.4, -0.2) is 16.7 Å². The minimum atomic E-state index is 0.741. The molecule has 2 rings (SSSR count). The summed E-state index contributed by atoms with van der Waals surface area (Å²) in [7, 11) is 1.71. The van der Waals surface area contributed by atoms with Gasteiger partial charge in [0.2, 0.25) is 0 Å². The van der Waals surface area contributed by atoms with Crippen LogP contribution in [-0.2, 0) is 0 Å².